The summed E-state index contributed by atoms with van der Waals surface area (Å²) in [6.07, 6.45) is 1.17. The molecule has 1 aromatic carbocycles. The van der Waals surface area contributed by atoms with Gasteiger partial charge in [-0.3, -0.25) is 0 Å². The van der Waals surface area contributed by atoms with Crippen LogP contribution in [-0.4, -0.2) is 17.0 Å². The van der Waals surface area contributed by atoms with E-state index in [1.807, 2.05) is 30.0 Å². The van der Waals surface area contributed by atoms with Crippen molar-refractivity contribution in [1.82, 2.24) is 0 Å². The maximum absolute atomic E-state index is 6.09. The van der Waals surface area contributed by atoms with Crippen molar-refractivity contribution < 1.29 is 0 Å². The fraction of sp³-hybridized carbons (Fsp3) is 0.455. The van der Waals surface area contributed by atoms with Gasteiger partial charge in [-0.2, -0.15) is 11.8 Å². The van der Waals surface area contributed by atoms with Crippen molar-refractivity contribution in [3.05, 3.63) is 28.2 Å². The number of thioether (sulfide) groups is 1. The molecule has 1 nitrogen and oxygen atoms in total. The predicted octanol–water partition coefficient (Wildman–Crippen LogP) is 4.30. The number of hydrogen-bond donors (Lipinski definition) is 1. The van der Waals surface area contributed by atoms with Crippen LogP contribution in [0, 0.1) is 0 Å². The zero-order valence-electron chi connectivity index (χ0n) is 8.47. The van der Waals surface area contributed by atoms with Gasteiger partial charge >= 0.3 is 0 Å². The minimum atomic E-state index is 0.488. The van der Waals surface area contributed by atoms with Crippen molar-refractivity contribution in [2.24, 2.45) is 0 Å². The highest BCUT2D eigenvalue weighted by Gasteiger charge is 2.22. The Morgan fingerprint density at radius 3 is 2.53 bits per heavy atom. The van der Waals surface area contributed by atoms with Crippen LogP contribution < -0.4 is 5.32 Å². The first-order valence-electron chi connectivity index (χ1n) is 4.99. The van der Waals surface area contributed by atoms with E-state index in [0.717, 1.165) is 16.7 Å². The van der Waals surface area contributed by atoms with Gasteiger partial charge in [-0.1, -0.05) is 36.2 Å². The fourth-order valence-corrected chi connectivity index (χ4v) is 3.41. The molecule has 1 heterocycles. The Labute approximate surface area is 105 Å². The highest BCUT2D eigenvalue weighted by Crippen LogP contribution is 2.34. The summed E-state index contributed by atoms with van der Waals surface area (Å²) in [6, 6.07) is 6.08. The zero-order valence-corrected chi connectivity index (χ0v) is 10.8. The molecule has 1 saturated heterocycles. The Hall–Kier alpha value is -0.0500. The van der Waals surface area contributed by atoms with Gasteiger partial charge in [-0.25, -0.2) is 0 Å². The minimum absolute atomic E-state index is 0.488. The number of nitrogens with one attached hydrogen (secondary N) is 1. The van der Waals surface area contributed by atoms with Crippen LogP contribution in [0.2, 0.25) is 10.0 Å². The number of halogens is 2. The van der Waals surface area contributed by atoms with Gasteiger partial charge in [-0.15, -0.1) is 0 Å². The summed E-state index contributed by atoms with van der Waals surface area (Å²) in [5, 5.41) is 5.55. The summed E-state index contributed by atoms with van der Waals surface area (Å²) in [7, 11) is 0. The van der Waals surface area contributed by atoms with E-state index in [1.165, 1.54) is 6.42 Å². The summed E-state index contributed by atoms with van der Waals surface area (Å²) in [5.74, 6) is 1.13. The van der Waals surface area contributed by atoms with Crippen LogP contribution in [-0.2, 0) is 0 Å². The van der Waals surface area contributed by atoms with Crippen molar-refractivity contribution in [2.75, 3.05) is 11.1 Å². The molecule has 2 rings (SSSR count). The van der Waals surface area contributed by atoms with Crippen LogP contribution in [0.1, 0.15) is 13.3 Å². The predicted molar refractivity (Wildman–Crippen MR) is 70.4 cm³/mol. The molecule has 82 valence electrons. The molecule has 0 aliphatic carbocycles. The lowest BCUT2D eigenvalue weighted by Crippen LogP contribution is -2.19. The molecule has 4 heteroatoms. The highest BCUT2D eigenvalue weighted by molar-refractivity contribution is 8.00. The average Bonchev–Trinajstić information content (AvgIpc) is 2.58. The number of hydrogen-bond acceptors (Lipinski definition) is 2. The summed E-state index contributed by atoms with van der Waals surface area (Å²) in [4.78, 5) is 0. The van der Waals surface area contributed by atoms with Crippen molar-refractivity contribution in [2.45, 2.75) is 24.6 Å². The standard InChI is InChI=1S/C11H13Cl2NS/c1-7-5-8(6-15-7)14-11-9(12)3-2-4-10(11)13/h2-4,7-8,14H,5-6H2,1H3. The van der Waals surface area contributed by atoms with Crippen LogP contribution in [0.15, 0.2) is 18.2 Å². The Balaban J connectivity index is 2.10. The topological polar surface area (TPSA) is 12.0 Å². The SMILES string of the molecule is CC1CC(Nc2c(Cl)cccc2Cl)CS1. The largest absolute Gasteiger partial charge is 0.379 e. The summed E-state index contributed by atoms with van der Waals surface area (Å²) in [5.41, 5.74) is 0.875. The first kappa shape index (κ1) is 11.4. The van der Waals surface area contributed by atoms with Crippen LogP contribution in [0.25, 0.3) is 0 Å². The van der Waals surface area contributed by atoms with Gasteiger partial charge in [0.25, 0.3) is 0 Å². The Morgan fingerprint density at radius 2 is 2.00 bits per heavy atom. The average molecular weight is 262 g/mol. The van der Waals surface area contributed by atoms with Crippen LogP contribution in [0.5, 0.6) is 0 Å². The Bertz CT molecular complexity index is 336. The van der Waals surface area contributed by atoms with E-state index in [-0.39, 0.29) is 0 Å². The molecular weight excluding hydrogens is 249 g/mol. The molecule has 15 heavy (non-hydrogen) atoms. The van der Waals surface area contributed by atoms with Crippen molar-refractivity contribution in [3.63, 3.8) is 0 Å². The molecular formula is C11H13Cl2NS. The number of para-hydroxylation sites is 1. The smallest absolute Gasteiger partial charge is 0.0721 e. The third-order valence-electron chi connectivity index (χ3n) is 2.51. The fourth-order valence-electron chi connectivity index (χ4n) is 1.76. The van der Waals surface area contributed by atoms with E-state index in [4.69, 9.17) is 23.2 Å². The highest BCUT2D eigenvalue weighted by atomic mass is 35.5. The van der Waals surface area contributed by atoms with Gasteiger partial charge in [0.2, 0.25) is 0 Å². The van der Waals surface area contributed by atoms with Crippen molar-refractivity contribution in [3.8, 4) is 0 Å². The normalized spacial score (nSPS) is 25.5. The van der Waals surface area contributed by atoms with Gasteiger partial charge in [0.1, 0.15) is 0 Å². The van der Waals surface area contributed by atoms with Gasteiger partial charge in [0, 0.05) is 17.0 Å². The van der Waals surface area contributed by atoms with E-state index in [9.17, 15) is 0 Å². The van der Waals surface area contributed by atoms with Crippen LogP contribution in [0.3, 0.4) is 0 Å². The van der Waals surface area contributed by atoms with Crippen LogP contribution >= 0.6 is 35.0 Å². The van der Waals surface area contributed by atoms with Gasteiger partial charge < -0.3 is 5.32 Å². The quantitative estimate of drug-likeness (QED) is 0.852. The van der Waals surface area contributed by atoms with Crippen LogP contribution in [0.4, 0.5) is 5.69 Å². The summed E-state index contributed by atoms with van der Waals surface area (Å²) in [6.45, 7) is 2.25. The van der Waals surface area contributed by atoms with E-state index < -0.39 is 0 Å². The lowest BCUT2D eigenvalue weighted by atomic mass is 10.2. The second-order valence-corrected chi connectivity index (χ2v) is 6.10. The van der Waals surface area contributed by atoms with E-state index in [2.05, 4.69) is 12.2 Å². The maximum Gasteiger partial charge on any atom is 0.0721 e. The van der Waals surface area contributed by atoms with Crippen molar-refractivity contribution >= 4 is 40.7 Å². The van der Waals surface area contributed by atoms with E-state index >= 15 is 0 Å². The molecule has 1 aromatic rings. The van der Waals surface area contributed by atoms with E-state index in [0.29, 0.717) is 16.1 Å². The molecule has 1 fully saturated rings. The van der Waals surface area contributed by atoms with Crippen molar-refractivity contribution in [1.29, 1.82) is 0 Å². The summed E-state index contributed by atoms with van der Waals surface area (Å²) >= 11 is 14.2. The number of benzene rings is 1. The molecule has 1 N–H and O–H groups in total. The third kappa shape index (κ3) is 2.74. The molecule has 0 spiro atoms. The number of anilines is 1. The van der Waals surface area contributed by atoms with Gasteiger partial charge in [0.15, 0.2) is 0 Å². The second kappa shape index (κ2) is 4.86. The molecule has 0 aromatic heterocycles. The van der Waals surface area contributed by atoms with E-state index in [1.54, 1.807) is 0 Å². The zero-order chi connectivity index (χ0) is 10.8. The maximum atomic E-state index is 6.09. The monoisotopic (exact) mass is 261 g/mol. The second-order valence-electron chi connectivity index (χ2n) is 3.82. The molecule has 2 unspecified atom stereocenters. The molecule has 1 aliphatic rings. The lowest BCUT2D eigenvalue weighted by molar-refractivity contribution is 0.747. The first-order chi connectivity index (χ1) is 7.16. The third-order valence-corrected chi connectivity index (χ3v) is 4.50. The van der Waals surface area contributed by atoms with Gasteiger partial charge in [-0.05, 0) is 18.6 Å². The Morgan fingerprint density at radius 1 is 1.33 bits per heavy atom. The molecule has 0 bridgehead atoms. The molecule has 1 aliphatic heterocycles. The Kier molecular flexibility index (Phi) is 3.70. The molecule has 0 amide bonds. The molecule has 0 radical (unpaired) electrons. The molecule has 2 atom stereocenters. The lowest BCUT2D eigenvalue weighted by Gasteiger charge is -2.15. The minimum Gasteiger partial charge on any atom is -0.379 e. The van der Waals surface area contributed by atoms with Gasteiger partial charge in [0.05, 0.1) is 15.7 Å². The summed E-state index contributed by atoms with van der Waals surface area (Å²) < 4.78 is 0. The first-order valence-corrected chi connectivity index (χ1v) is 6.79. The molecule has 0 saturated carbocycles. The number of rotatable bonds is 2.